The van der Waals surface area contributed by atoms with Crippen molar-refractivity contribution in [1.29, 1.82) is 0 Å². The molecule has 3 atom stereocenters. The number of pyridine rings is 1. The zero-order valence-electron chi connectivity index (χ0n) is 13.6. The Balaban J connectivity index is 1.57. The molecule has 4 rings (SSSR count). The second-order valence-corrected chi connectivity index (χ2v) is 6.24. The lowest BCUT2D eigenvalue weighted by molar-refractivity contribution is -0.0447. The van der Waals surface area contributed by atoms with Crippen LogP contribution in [0, 0.1) is 6.92 Å². The van der Waals surface area contributed by atoms with E-state index in [1.807, 2.05) is 24.0 Å². The number of carbonyl (C=O) groups excluding carboxylic acids is 1. The van der Waals surface area contributed by atoms with E-state index in [4.69, 9.17) is 13.9 Å². The van der Waals surface area contributed by atoms with E-state index in [-0.39, 0.29) is 24.2 Å². The normalized spacial score (nSPS) is 26.2. The summed E-state index contributed by atoms with van der Waals surface area (Å²) in [5.74, 6) is 1.33. The van der Waals surface area contributed by atoms with Crippen LogP contribution in [0.25, 0.3) is 0 Å². The Hall–Kier alpha value is -2.34. The van der Waals surface area contributed by atoms with Gasteiger partial charge in [-0.05, 0) is 38.0 Å². The van der Waals surface area contributed by atoms with Gasteiger partial charge in [0, 0.05) is 12.8 Å². The summed E-state index contributed by atoms with van der Waals surface area (Å²) in [5, 5.41) is 0. The molecule has 0 bridgehead atoms. The van der Waals surface area contributed by atoms with Gasteiger partial charge in [-0.25, -0.2) is 0 Å². The molecule has 0 radical (unpaired) electrons. The second-order valence-electron chi connectivity index (χ2n) is 6.24. The summed E-state index contributed by atoms with van der Waals surface area (Å²) in [4.78, 5) is 18.9. The number of rotatable bonds is 3. The highest BCUT2D eigenvalue weighted by atomic mass is 16.5. The maximum absolute atomic E-state index is 12.9. The molecule has 6 heteroatoms. The van der Waals surface area contributed by atoms with Gasteiger partial charge < -0.3 is 18.8 Å². The SMILES string of the molecule is Cc1occc1C(=O)N1C[C@@H](Oc2cccnc2)[C@H]2OCCC[C@H]21. The number of furan rings is 1. The highest BCUT2D eigenvalue weighted by Gasteiger charge is 2.47. The number of ether oxygens (including phenoxy) is 2. The van der Waals surface area contributed by atoms with Gasteiger partial charge >= 0.3 is 0 Å². The van der Waals surface area contributed by atoms with Crippen LogP contribution in [0.5, 0.6) is 5.75 Å². The van der Waals surface area contributed by atoms with E-state index in [0.29, 0.717) is 30.2 Å². The lowest BCUT2D eigenvalue weighted by Crippen LogP contribution is -2.44. The number of aromatic nitrogens is 1. The van der Waals surface area contributed by atoms with Gasteiger partial charge in [0.15, 0.2) is 0 Å². The highest BCUT2D eigenvalue weighted by molar-refractivity contribution is 5.95. The predicted octanol–water partition coefficient (Wildman–Crippen LogP) is 2.43. The molecule has 1 amide bonds. The molecule has 2 fully saturated rings. The minimum absolute atomic E-state index is 0.0148. The number of amides is 1. The van der Waals surface area contributed by atoms with Crippen LogP contribution in [0.4, 0.5) is 0 Å². The number of hydrogen-bond acceptors (Lipinski definition) is 5. The Morgan fingerprint density at radius 1 is 1.42 bits per heavy atom. The van der Waals surface area contributed by atoms with E-state index in [1.54, 1.807) is 24.7 Å². The Morgan fingerprint density at radius 2 is 2.33 bits per heavy atom. The summed E-state index contributed by atoms with van der Waals surface area (Å²) in [6.45, 7) is 3.02. The lowest BCUT2D eigenvalue weighted by atomic mass is 10.0. The van der Waals surface area contributed by atoms with Gasteiger partial charge in [0.1, 0.15) is 23.7 Å². The van der Waals surface area contributed by atoms with Crippen LogP contribution in [0.15, 0.2) is 41.3 Å². The van der Waals surface area contributed by atoms with E-state index < -0.39 is 0 Å². The summed E-state index contributed by atoms with van der Waals surface area (Å²) >= 11 is 0. The third kappa shape index (κ3) is 2.67. The monoisotopic (exact) mass is 328 g/mol. The van der Waals surface area contributed by atoms with Gasteiger partial charge in [-0.15, -0.1) is 0 Å². The standard InChI is InChI=1S/C18H20N2O4/c1-12-14(6-9-22-12)18(21)20-11-16(17-15(20)5-3-8-23-17)24-13-4-2-7-19-10-13/h2,4,6-7,9-10,15-17H,3,5,8,11H2,1H3/t15-,16-,17+/m1/s1. The van der Waals surface area contributed by atoms with Crippen molar-refractivity contribution in [3.63, 3.8) is 0 Å². The third-order valence-corrected chi connectivity index (χ3v) is 4.75. The second kappa shape index (κ2) is 6.28. The summed E-state index contributed by atoms with van der Waals surface area (Å²) in [5.41, 5.74) is 0.612. The van der Waals surface area contributed by atoms with Crippen LogP contribution in [-0.4, -0.2) is 47.2 Å². The van der Waals surface area contributed by atoms with Crippen molar-refractivity contribution in [3.05, 3.63) is 48.2 Å². The minimum Gasteiger partial charge on any atom is -0.484 e. The Bertz CT molecular complexity index is 715. The fourth-order valence-corrected chi connectivity index (χ4v) is 3.60. The molecule has 2 aromatic rings. The third-order valence-electron chi connectivity index (χ3n) is 4.75. The molecule has 0 spiro atoms. The number of carbonyl (C=O) groups is 1. The summed E-state index contributed by atoms with van der Waals surface area (Å²) in [6, 6.07) is 5.48. The van der Waals surface area contributed by atoms with Gasteiger partial charge in [0.2, 0.25) is 0 Å². The fraction of sp³-hybridized carbons (Fsp3) is 0.444. The topological polar surface area (TPSA) is 64.8 Å². The fourth-order valence-electron chi connectivity index (χ4n) is 3.60. The zero-order chi connectivity index (χ0) is 16.5. The molecule has 4 heterocycles. The minimum atomic E-state index is -0.185. The molecule has 126 valence electrons. The summed E-state index contributed by atoms with van der Waals surface area (Å²) < 4.78 is 17.3. The van der Waals surface area contributed by atoms with Crippen LogP contribution >= 0.6 is 0 Å². The first kappa shape index (κ1) is 15.2. The van der Waals surface area contributed by atoms with Crippen LogP contribution in [0.1, 0.15) is 29.0 Å². The molecule has 0 saturated carbocycles. The van der Waals surface area contributed by atoms with Crippen molar-refractivity contribution in [3.8, 4) is 5.75 Å². The Morgan fingerprint density at radius 3 is 3.08 bits per heavy atom. The summed E-state index contributed by atoms with van der Waals surface area (Å²) in [6.07, 6.45) is 6.54. The van der Waals surface area contributed by atoms with E-state index in [9.17, 15) is 4.79 Å². The number of hydrogen-bond donors (Lipinski definition) is 0. The predicted molar refractivity (Wildman–Crippen MR) is 85.9 cm³/mol. The average Bonchev–Trinajstić information content (AvgIpc) is 3.20. The highest BCUT2D eigenvalue weighted by Crippen LogP contribution is 2.33. The molecule has 2 aliphatic rings. The maximum atomic E-state index is 12.9. The average molecular weight is 328 g/mol. The first-order valence-electron chi connectivity index (χ1n) is 8.27. The van der Waals surface area contributed by atoms with Gasteiger partial charge in [-0.3, -0.25) is 9.78 Å². The van der Waals surface area contributed by atoms with Crippen molar-refractivity contribution in [2.75, 3.05) is 13.2 Å². The Kier molecular flexibility index (Phi) is 3.98. The molecular formula is C18H20N2O4. The molecule has 6 nitrogen and oxygen atoms in total. The lowest BCUT2D eigenvalue weighted by Gasteiger charge is -2.32. The van der Waals surface area contributed by atoms with E-state index in [2.05, 4.69) is 4.98 Å². The van der Waals surface area contributed by atoms with Crippen molar-refractivity contribution in [2.45, 2.75) is 38.0 Å². The smallest absolute Gasteiger partial charge is 0.257 e. The van der Waals surface area contributed by atoms with E-state index in [1.165, 1.54) is 0 Å². The molecule has 0 aliphatic carbocycles. The molecule has 2 aliphatic heterocycles. The zero-order valence-corrected chi connectivity index (χ0v) is 13.6. The van der Waals surface area contributed by atoms with Gasteiger partial charge in [-0.2, -0.15) is 0 Å². The first-order chi connectivity index (χ1) is 11.7. The van der Waals surface area contributed by atoms with Crippen molar-refractivity contribution in [2.24, 2.45) is 0 Å². The molecule has 24 heavy (non-hydrogen) atoms. The van der Waals surface area contributed by atoms with Gasteiger partial charge in [-0.1, -0.05) is 0 Å². The quantitative estimate of drug-likeness (QED) is 0.866. The van der Waals surface area contributed by atoms with Crippen molar-refractivity contribution < 1.29 is 18.7 Å². The molecule has 2 aromatic heterocycles. The molecular weight excluding hydrogens is 308 g/mol. The molecule has 0 aromatic carbocycles. The van der Waals surface area contributed by atoms with Crippen molar-refractivity contribution >= 4 is 5.91 Å². The summed E-state index contributed by atoms with van der Waals surface area (Å²) in [7, 11) is 0. The van der Waals surface area contributed by atoms with Crippen LogP contribution < -0.4 is 4.74 Å². The van der Waals surface area contributed by atoms with E-state index >= 15 is 0 Å². The molecule has 0 unspecified atom stereocenters. The number of nitrogens with zero attached hydrogens (tertiary/aromatic N) is 2. The van der Waals surface area contributed by atoms with Crippen LogP contribution in [0.3, 0.4) is 0 Å². The molecule has 0 N–H and O–H groups in total. The molecule has 2 saturated heterocycles. The van der Waals surface area contributed by atoms with Crippen LogP contribution in [0.2, 0.25) is 0 Å². The van der Waals surface area contributed by atoms with Crippen LogP contribution in [-0.2, 0) is 4.74 Å². The van der Waals surface area contributed by atoms with Gasteiger partial charge in [0.05, 0.1) is 30.6 Å². The Labute approximate surface area is 140 Å². The number of fused-ring (bicyclic) bond motifs is 1. The maximum Gasteiger partial charge on any atom is 0.257 e. The van der Waals surface area contributed by atoms with E-state index in [0.717, 1.165) is 12.8 Å². The first-order valence-corrected chi connectivity index (χ1v) is 8.27. The largest absolute Gasteiger partial charge is 0.484 e. The van der Waals surface area contributed by atoms with Crippen molar-refractivity contribution in [1.82, 2.24) is 9.88 Å². The van der Waals surface area contributed by atoms with Gasteiger partial charge in [0.25, 0.3) is 5.91 Å². The number of likely N-dealkylation sites (tertiary alicyclic amines) is 1. The number of aryl methyl sites for hydroxylation is 1.